The summed E-state index contributed by atoms with van der Waals surface area (Å²) in [5.41, 5.74) is 1.10. The van der Waals surface area contributed by atoms with Crippen LogP contribution in [-0.4, -0.2) is 40.8 Å². The summed E-state index contributed by atoms with van der Waals surface area (Å²) in [4.78, 5) is 1.84. The first-order valence-corrected chi connectivity index (χ1v) is 10.2. The third-order valence-corrected chi connectivity index (χ3v) is 6.46. The number of nitrogens with zero attached hydrogens (tertiary/aromatic N) is 4. The van der Waals surface area contributed by atoms with E-state index in [1.54, 1.807) is 41.5 Å². The van der Waals surface area contributed by atoms with Gasteiger partial charge in [0, 0.05) is 13.1 Å². The highest BCUT2D eigenvalue weighted by Crippen LogP contribution is 2.28. The fourth-order valence-corrected chi connectivity index (χ4v) is 4.67. The van der Waals surface area contributed by atoms with Gasteiger partial charge in [0.15, 0.2) is 0 Å². The molecule has 1 aliphatic rings. The number of rotatable bonds is 5. The molecule has 0 aliphatic carbocycles. The normalized spacial score (nSPS) is 17.9. The molecule has 7 nitrogen and oxygen atoms in total. The molecule has 0 saturated carbocycles. The monoisotopic (exact) mass is 384 g/mol. The Kier molecular flexibility index (Phi) is 4.67. The van der Waals surface area contributed by atoms with Gasteiger partial charge in [0.1, 0.15) is 11.5 Å². The summed E-state index contributed by atoms with van der Waals surface area (Å²) in [5, 5.41) is 8.23. The lowest BCUT2D eigenvalue weighted by Crippen LogP contribution is -2.29. The van der Waals surface area contributed by atoms with Gasteiger partial charge in [0.2, 0.25) is 10.0 Å². The van der Waals surface area contributed by atoms with Crippen molar-refractivity contribution in [2.75, 3.05) is 13.1 Å². The van der Waals surface area contributed by atoms with E-state index < -0.39 is 10.0 Å². The summed E-state index contributed by atoms with van der Waals surface area (Å²) >= 11 is 0. The first-order chi connectivity index (χ1) is 13.0. The zero-order valence-electron chi connectivity index (χ0n) is 14.9. The van der Waals surface area contributed by atoms with Gasteiger partial charge in [0.05, 0.1) is 23.3 Å². The Labute approximate surface area is 158 Å². The minimum absolute atomic E-state index is 0.0290. The van der Waals surface area contributed by atoms with Crippen LogP contribution in [0, 0.1) is 6.92 Å². The van der Waals surface area contributed by atoms with Crippen LogP contribution in [0.2, 0.25) is 0 Å². The van der Waals surface area contributed by atoms with Gasteiger partial charge in [-0.1, -0.05) is 12.1 Å². The van der Waals surface area contributed by atoms with Crippen LogP contribution in [-0.2, 0) is 10.0 Å². The predicted octanol–water partition coefficient (Wildman–Crippen LogP) is 3.01. The van der Waals surface area contributed by atoms with Crippen molar-refractivity contribution in [1.29, 1.82) is 0 Å². The van der Waals surface area contributed by atoms with Crippen LogP contribution in [0.4, 0.5) is 0 Å². The molecule has 1 aliphatic heterocycles. The zero-order valence-corrected chi connectivity index (χ0v) is 15.7. The van der Waals surface area contributed by atoms with Crippen molar-refractivity contribution >= 4 is 10.0 Å². The highest BCUT2D eigenvalue weighted by molar-refractivity contribution is 7.89. The molecule has 1 unspecified atom stereocenters. The van der Waals surface area contributed by atoms with E-state index in [9.17, 15) is 8.42 Å². The van der Waals surface area contributed by atoms with Gasteiger partial charge in [-0.05, 0) is 55.3 Å². The second-order valence-electron chi connectivity index (χ2n) is 6.54. The number of sulfonamides is 1. The lowest BCUT2D eigenvalue weighted by Gasteiger charge is -2.16. The van der Waals surface area contributed by atoms with Crippen molar-refractivity contribution in [2.24, 2.45) is 0 Å². The average Bonchev–Trinajstić information content (AvgIpc) is 3.34. The van der Waals surface area contributed by atoms with Crippen molar-refractivity contribution in [3.63, 3.8) is 0 Å². The van der Waals surface area contributed by atoms with Crippen LogP contribution >= 0.6 is 0 Å². The molecular formula is C19H20N4O3S. The quantitative estimate of drug-likeness (QED) is 0.676. The Morgan fingerprint density at radius 3 is 2.48 bits per heavy atom. The molecule has 4 rings (SSSR count). The number of benzene rings is 2. The highest BCUT2D eigenvalue weighted by Gasteiger charge is 2.34. The molecule has 1 atom stereocenters. The van der Waals surface area contributed by atoms with Crippen LogP contribution in [0.3, 0.4) is 0 Å². The summed E-state index contributed by atoms with van der Waals surface area (Å²) in [7, 11) is -3.55. The number of ether oxygens (including phenoxy) is 1. The third kappa shape index (κ3) is 3.72. The van der Waals surface area contributed by atoms with Gasteiger partial charge in [-0.3, -0.25) is 0 Å². The van der Waals surface area contributed by atoms with E-state index in [1.165, 1.54) is 4.31 Å². The largest absolute Gasteiger partial charge is 0.457 e. The maximum atomic E-state index is 12.9. The van der Waals surface area contributed by atoms with Crippen molar-refractivity contribution in [3.8, 4) is 11.5 Å². The van der Waals surface area contributed by atoms with Crippen molar-refractivity contribution in [3.05, 3.63) is 66.5 Å². The molecule has 3 aromatic rings. The van der Waals surface area contributed by atoms with E-state index in [2.05, 4.69) is 10.2 Å². The SMILES string of the molecule is Cc1cccc(Oc2ccc(S(=O)(=O)N3CCC(n4nccn4)C3)cc2)c1. The first kappa shape index (κ1) is 17.7. The molecule has 27 heavy (non-hydrogen) atoms. The van der Waals surface area contributed by atoms with Crippen molar-refractivity contribution < 1.29 is 13.2 Å². The molecule has 140 valence electrons. The summed E-state index contributed by atoms with van der Waals surface area (Å²) in [6.07, 6.45) is 3.90. The van der Waals surface area contributed by atoms with E-state index in [0.29, 0.717) is 25.3 Å². The number of hydrogen-bond donors (Lipinski definition) is 0. The molecule has 0 amide bonds. The fraction of sp³-hybridized carbons (Fsp3) is 0.263. The van der Waals surface area contributed by atoms with Crippen LogP contribution in [0.5, 0.6) is 11.5 Å². The van der Waals surface area contributed by atoms with Gasteiger partial charge in [-0.2, -0.15) is 19.3 Å². The Balaban J connectivity index is 1.48. The molecule has 8 heteroatoms. The molecule has 1 fully saturated rings. The molecular weight excluding hydrogens is 364 g/mol. The number of aromatic nitrogens is 3. The second-order valence-corrected chi connectivity index (χ2v) is 8.48. The van der Waals surface area contributed by atoms with Gasteiger partial charge < -0.3 is 4.74 Å². The number of aryl methyl sites for hydroxylation is 1. The van der Waals surface area contributed by atoms with E-state index in [-0.39, 0.29) is 10.9 Å². The minimum Gasteiger partial charge on any atom is -0.457 e. The zero-order chi connectivity index (χ0) is 18.9. The second kappa shape index (κ2) is 7.13. The molecule has 2 aromatic carbocycles. The minimum atomic E-state index is -3.55. The van der Waals surface area contributed by atoms with Crippen LogP contribution in [0.1, 0.15) is 18.0 Å². The average molecular weight is 384 g/mol. The summed E-state index contributed by atoms with van der Waals surface area (Å²) < 4.78 is 33.1. The Morgan fingerprint density at radius 2 is 1.78 bits per heavy atom. The van der Waals surface area contributed by atoms with E-state index in [0.717, 1.165) is 11.3 Å². The first-order valence-electron chi connectivity index (χ1n) is 8.73. The van der Waals surface area contributed by atoms with Gasteiger partial charge in [-0.15, -0.1) is 0 Å². The summed E-state index contributed by atoms with van der Waals surface area (Å²) in [5.74, 6) is 1.32. The van der Waals surface area contributed by atoms with Crippen LogP contribution < -0.4 is 4.74 Å². The molecule has 1 saturated heterocycles. The predicted molar refractivity (Wildman–Crippen MR) is 100 cm³/mol. The Hall–Kier alpha value is -2.71. The topological polar surface area (TPSA) is 77.3 Å². The van der Waals surface area contributed by atoms with E-state index in [1.807, 2.05) is 31.2 Å². The van der Waals surface area contributed by atoms with Crippen molar-refractivity contribution in [2.45, 2.75) is 24.3 Å². The standard InChI is InChI=1S/C19H20N4O3S/c1-15-3-2-4-18(13-15)26-17-5-7-19(8-6-17)27(24,25)22-12-9-16(14-22)23-20-10-11-21-23/h2-8,10-11,13,16H,9,12,14H2,1H3. The Bertz CT molecular complexity index is 1020. The smallest absolute Gasteiger partial charge is 0.243 e. The lowest BCUT2D eigenvalue weighted by atomic mass is 10.2. The molecule has 0 N–H and O–H groups in total. The summed E-state index contributed by atoms with van der Waals surface area (Å²) in [6, 6.07) is 14.2. The molecule has 0 spiro atoms. The lowest BCUT2D eigenvalue weighted by molar-refractivity contribution is 0.402. The number of hydrogen-bond acceptors (Lipinski definition) is 5. The van der Waals surface area contributed by atoms with Gasteiger partial charge >= 0.3 is 0 Å². The highest BCUT2D eigenvalue weighted by atomic mass is 32.2. The van der Waals surface area contributed by atoms with Crippen LogP contribution in [0.15, 0.2) is 65.8 Å². The van der Waals surface area contributed by atoms with Crippen molar-refractivity contribution in [1.82, 2.24) is 19.3 Å². The molecule has 0 radical (unpaired) electrons. The maximum absolute atomic E-state index is 12.9. The molecule has 0 bridgehead atoms. The molecule has 1 aromatic heterocycles. The third-order valence-electron chi connectivity index (χ3n) is 4.58. The van der Waals surface area contributed by atoms with Crippen LogP contribution in [0.25, 0.3) is 0 Å². The Morgan fingerprint density at radius 1 is 1.04 bits per heavy atom. The van der Waals surface area contributed by atoms with Gasteiger partial charge in [0.25, 0.3) is 0 Å². The van der Waals surface area contributed by atoms with E-state index >= 15 is 0 Å². The van der Waals surface area contributed by atoms with E-state index in [4.69, 9.17) is 4.74 Å². The van der Waals surface area contributed by atoms with Gasteiger partial charge in [-0.25, -0.2) is 8.42 Å². The fourth-order valence-electron chi connectivity index (χ4n) is 3.18. The summed E-state index contributed by atoms with van der Waals surface area (Å²) in [6.45, 7) is 2.82. The maximum Gasteiger partial charge on any atom is 0.243 e. The molecule has 2 heterocycles.